The van der Waals surface area contributed by atoms with E-state index < -0.39 is 16.1 Å². The summed E-state index contributed by atoms with van der Waals surface area (Å²) in [5.74, 6) is 1.19. The lowest BCUT2D eigenvalue weighted by Crippen LogP contribution is -2.33. The zero-order valence-electron chi connectivity index (χ0n) is 13.0. The smallest absolute Gasteiger partial charge is 0.214 e. The van der Waals surface area contributed by atoms with Gasteiger partial charge in [0, 0.05) is 51.6 Å². The van der Waals surface area contributed by atoms with Gasteiger partial charge in [-0.1, -0.05) is 5.16 Å². The summed E-state index contributed by atoms with van der Waals surface area (Å²) in [5, 5.41) is 14.2. The molecule has 8 heteroatoms. The van der Waals surface area contributed by atoms with Crippen LogP contribution in [0.15, 0.2) is 10.6 Å². The highest BCUT2D eigenvalue weighted by Crippen LogP contribution is 2.40. The van der Waals surface area contributed by atoms with E-state index >= 15 is 0 Å². The van der Waals surface area contributed by atoms with E-state index in [4.69, 9.17) is 4.52 Å². The van der Waals surface area contributed by atoms with Crippen molar-refractivity contribution >= 4 is 10.0 Å². The number of hydrogen-bond donors (Lipinski definition) is 1. The maximum atomic E-state index is 12.0. The number of rotatable bonds is 6. The third-order valence-electron chi connectivity index (χ3n) is 4.41. The van der Waals surface area contributed by atoms with Crippen molar-refractivity contribution in [1.29, 1.82) is 0 Å². The highest BCUT2D eigenvalue weighted by molar-refractivity contribution is 7.89. The zero-order valence-corrected chi connectivity index (χ0v) is 13.8. The van der Waals surface area contributed by atoms with E-state index in [1.165, 1.54) is 31.2 Å². The molecule has 0 radical (unpaired) electrons. The van der Waals surface area contributed by atoms with Crippen LogP contribution in [0.4, 0.5) is 0 Å². The first kappa shape index (κ1) is 15.9. The first-order chi connectivity index (χ1) is 10.3. The van der Waals surface area contributed by atoms with E-state index in [1.54, 1.807) is 0 Å². The average Bonchev–Trinajstić information content (AvgIpc) is 3.09. The number of aliphatic hydroxyl groups excluding tert-OH is 1. The van der Waals surface area contributed by atoms with Gasteiger partial charge in [0.15, 0.2) is 0 Å². The summed E-state index contributed by atoms with van der Waals surface area (Å²) in [6.07, 6.45) is 1.72. The molecule has 2 fully saturated rings. The second-order valence-electron chi connectivity index (χ2n) is 6.58. The maximum Gasteiger partial charge on any atom is 0.214 e. The van der Waals surface area contributed by atoms with Crippen molar-refractivity contribution in [2.45, 2.75) is 31.4 Å². The van der Waals surface area contributed by atoms with E-state index in [2.05, 4.69) is 5.16 Å². The Hall–Kier alpha value is -0.960. The van der Waals surface area contributed by atoms with Gasteiger partial charge in [0.2, 0.25) is 10.0 Å². The van der Waals surface area contributed by atoms with E-state index in [0.29, 0.717) is 25.6 Å². The molecule has 3 rings (SSSR count). The molecule has 0 unspecified atom stereocenters. The summed E-state index contributed by atoms with van der Waals surface area (Å²) in [6, 6.07) is 1.98. The molecular weight excluding hydrogens is 306 g/mol. The highest BCUT2D eigenvalue weighted by Gasteiger charge is 2.36. The number of β-amino-alcohol motifs (C(OH)–C–C–N with tert-alkyl or cyclic N) is 1. The molecule has 1 N–H and O–H groups in total. The second-order valence-corrected chi connectivity index (χ2v) is 8.80. The molecule has 1 aromatic heterocycles. The largest absolute Gasteiger partial charge is 0.391 e. The minimum atomic E-state index is -3.30. The van der Waals surface area contributed by atoms with Crippen LogP contribution in [-0.2, 0) is 16.6 Å². The molecule has 0 spiro atoms. The molecule has 0 aromatic carbocycles. The van der Waals surface area contributed by atoms with Gasteiger partial charge >= 0.3 is 0 Å². The highest BCUT2D eigenvalue weighted by atomic mass is 32.2. The van der Waals surface area contributed by atoms with Crippen LogP contribution in [0.25, 0.3) is 0 Å². The molecule has 1 saturated carbocycles. The van der Waals surface area contributed by atoms with Gasteiger partial charge in [-0.25, -0.2) is 12.7 Å². The van der Waals surface area contributed by atoms with Gasteiger partial charge in [-0.2, -0.15) is 0 Å². The van der Waals surface area contributed by atoms with Crippen LogP contribution in [0.3, 0.4) is 0 Å². The van der Waals surface area contributed by atoms with Gasteiger partial charge < -0.3 is 9.63 Å². The van der Waals surface area contributed by atoms with Crippen molar-refractivity contribution < 1.29 is 18.0 Å². The van der Waals surface area contributed by atoms with Gasteiger partial charge in [0.05, 0.1) is 17.6 Å². The Bertz CT molecular complexity index is 624. The van der Waals surface area contributed by atoms with Crippen molar-refractivity contribution in [2.75, 3.05) is 32.9 Å². The van der Waals surface area contributed by atoms with Crippen LogP contribution >= 0.6 is 0 Å². The molecule has 7 nitrogen and oxygen atoms in total. The van der Waals surface area contributed by atoms with Gasteiger partial charge in [-0.05, 0) is 12.8 Å². The number of likely N-dealkylation sites (tertiary alicyclic amines) is 1. The Morgan fingerprint density at radius 1 is 1.41 bits per heavy atom. The van der Waals surface area contributed by atoms with E-state index in [9.17, 15) is 13.5 Å². The minimum absolute atomic E-state index is 0.0240. The maximum absolute atomic E-state index is 12.0. The second kappa shape index (κ2) is 5.92. The summed E-state index contributed by atoms with van der Waals surface area (Å²) in [6.45, 7) is 1.62. The topological polar surface area (TPSA) is 86.9 Å². The first-order valence-electron chi connectivity index (χ1n) is 7.61. The van der Waals surface area contributed by atoms with E-state index in [0.717, 1.165) is 11.5 Å². The summed E-state index contributed by atoms with van der Waals surface area (Å²) in [4.78, 5) is 2.04. The molecule has 1 aromatic rings. The number of nitrogens with zero attached hydrogens (tertiary/aromatic N) is 3. The summed E-state index contributed by atoms with van der Waals surface area (Å²) >= 11 is 0. The van der Waals surface area contributed by atoms with Crippen molar-refractivity contribution in [2.24, 2.45) is 5.92 Å². The predicted molar refractivity (Wildman–Crippen MR) is 80.7 cm³/mol. The Kier molecular flexibility index (Phi) is 4.28. The lowest BCUT2D eigenvalue weighted by atomic mass is 10.1. The van der Waals surface area contributed by atoms with Crippen LogP contribution < -0.4 is 0 Å². The molecule has 1 aliphatic carbocycles. The minimum Gasteiger partial charge on any atom is -0.391 e. The van der Waals surface area contributed by atoms with Gasteiger partial charge in [-0.15, -0.1) is 0 Å². The van der Waals surface area contributed by atoms with Gasteiger partial charge in [0.1, 0.15) is 5.76 Å². The van der Waals surface area contributed by atoms with Crippen molar-refractivity contribution in [3.63, 3.8) is 0 Å². The SMILES string of the molecule is CN(C)S(=O)(=O)C[C@@H]1CN(Cc2cc(C3CC3)on2)C[C@H]1O. The molecule has 0 bridgehead atoms. The average molecular weight is 329 g/mol. The van der Waals surface area contributed by atoms with Gasteiger partial charge in [-0.3, -0.25) is 4.90 Å². The predicted octanol–water partition coefficient (Wildman–Crippen LogP) is 0.236. The summed E-state index contributed by atoms with van der Waals surface area (Å²) in [5.41, 5.74) is 0.852. The van der Waals surface area contributed by atoms with E-state index in [-0.39, 0.29) is 11.7 Å². The Morgan fingerprint density at radius 2 is 2.14 bits per heavy atom. The molecule has 2 heterocycles. The fraction of sp³-hybridized carbons (Fsp3) is 0.786. The Morgan fingerprint density at radius 3 is 2.77 bits per heavy atom. The lowest BCUT2D eigenvalue weighted by Gasteiger charge is -2.17. The molecule has 0 amide bonds. The monoisotopic (exact) mass is 329 g/mol. The van der Waals surface area contributed by atoms with E-state index in [1.807, 2.05) is 11.0 Å². The van der Waals surface area contributed by atoms with Crippen LogP contribution in [0.2, 0.25) is 0 Å². The fourth-order valence-corrected chi connectivity index (χ4v) is 4.01. The molecular formula is C14H23N3O4S. The fourth-order valence-electron chi connectivity index (χ4n) is 2.85. The quantitative estimate of drug-likeness (QED) is 0.804. The Balaban J connectivity index is 1.57. The Labute approximate surface area is 130 Å². The molecule has 124 valence electrons. The summed E-state index contributed by atoms with van der Waals surface area (Å²) in [7, 11) is -0.263. The molecule has 2 aliphatic rings. The van der Waals surface area contributed by atoms with Crippen molar-refractivity contribution in [3.05, 3.63) is 17.5 Å². The van der Waals surface area contributed by atoms with Crippen molar-refractivity contribution in [1.82, 2.24) is 14.4 Å². The lowest BCUT2D eigenvalue weighted by molar-refractivity contribution is 0.147. The van der Waals surface area contributed by atoms with Crippen molar-refractivity contribution in [3.8, 4) is 0 Å². The van der Waals surface area contributed by atoms with Crippen LogP contribution in [-0.4, -0.2) is 66.9 Å². The van der Waals surface area contributed by atoms with Crippen LogP contribution in [0, 0.1) is 5.92 Å². The zero-order chi connectivity index (χ0) is 15.9. The number of aliphatic hydroxyl groups is 1. The standard InChI is InChI=1S/C14H23N3O4S/c1-16(2)22(19,20)9-11-6-17(8-13(11)18)7-12-5-14(21-15-12)10-3-4-10/h5,10-11,13,18H,3-4,6-9H2,1-2H3/t11-,13+/m0/s1. The molecule has 22 heavy (non-hydrogen) atoms. The van der Waals surface area contributed by atoms with Crippen LogP contribution in [0.5, 0.6) is 0 Å². The van der Waals surface area contributed by atoms with Gasteiger partial charge in [0.25, 0.3) is 0 Å². The molecule has 2 atom stereocenters. The molecule has 1 aliphatic heterocycles. The number of hydrogen-bond acceptors (Lipinski definition) is 6. The number of sulfonamides is 1. The normalized spacial score (nSPS) is 26.9. The number of aromatic nitrogens is 1. The molecule has 1 saturated heterocycles. The van der Waals surface area contributed by atoms with Crippen LogP contribution in [0.1, 0.15) is 30.2 Å². The third-order valence-corrected chi connectivity index (χ3v) is 6.37. The first-order valence-corrected chi connectivity index (χ1v) is 9.22. The summed E-state index contributed by atoms with van der Waals surface area (Å²) < 4.78 is 30.4. The third kappa shape index (κ3) is 3.51.